The van der Waals surface area contributed by atoms with Crippen molar-refractivity contribution in [3.8, 4) is 0 Å². The fourth-order valence-electron chi connectivity index (χ4n) is 2.11. The SMILES string of the molecule is Clc1ccc(NCc2cccc3cccnc23)cc1Cl. The molecule has 0 saturated heterocycles. The molecular formula is C16H12Cl2N2. The molecule has 2 nitrogen and oxygen atoms in total. The molecule has 3 rings (SSSR count). The highest BCUT2D eigenvalue weighted by molar-refractivity contribution is 6.42. The van der Waals surface area contributed by atoms with E-state index in [1.165, 1.54) is 0 Å². The maximum atomic E-state index is 6.01. The van der Waals surface area contributed by atoms with Gasteiger partial charge in [-0.2, -0.15) is 0 Å². The van der Waals surface area contributed by atoms with Gasteiger partial charge in [-0.15, -0.1) is 0 Å². The summed E-state index contributed by atoms with van der Waals surface area (Å²) in [5.41, 5.74) is 3.10. The van der Waals surface area contributed by atoms with E-state index in [4.69, 9.17) is 23.2 Å². The number of para-hydroxylation sites is 1. The standard InChI is InChI=1S/C16H12Cl2N2/c17-14-7-6-13(9-15(14)18)20-10-12-4-1-3-11-5-2-8-19-16(11)12/h1-9,20H,10H2. The van der Waals surface area contributed by atoms with Crippen LogP contribution in [-0.2, 0) is 6.54 Å². The zero-order chi connectivity index (χ0) is 13.9. The van der Waals surface area contributed by atoms with Gasteiger partial charge in [-0.25, -0.2) is 0 Å². The van der Waals surface area contributed by atoms with Gasteiger partial charge in [0.1, 0.15) is 0 Å². The zero-order valence-corrected chi connectivity index (χ0v) is 12.1. The summed E-state index contributed by atoms with van der Waals surface area (Å²) in [7, 11) is 0. The number of nitrogens with zero attached hydrogens (tertiary/aromatic N) is 1. The second kappa shape index (κ2) is 5.70. The average Bonchev–Trinajstić information content (AvgIpc) is 2.48. The van der Waals surface area contributed by atoms with Gasteiger partial charge >= 0.3 is 0 Å². The molecule has 1 heterocycles. The molecule has 1 aromatic heterocycles. The Labute approximate surface area is 127 Å². The third-order valence-electron chi connectivity index (χ3n) is 3.12. The van der Waals surface area contributed by atoms with E-state index in [0.717, 1.165) is 22.2 Å². The molecule has 0 bridgehead atoms. The number of hydrogen-bond acceptors (Lipinski definition) is 2. The first-order chi connectivity index (χ1) is 9.74. The number of aromatic nitrogens is 1. The first kappa shape index (κ1) is 13.2. The third-order valence-corrected chi connectivity index (χ3v) is 3.86. The Balaban J connectivity index is 1.85. The molecular weight excluding hydrogens is 291 g/mol. The molecule has 0 aliphatic carbocycles. The summed E-state index contributed by atoms with van der Waals surface area (Å²) >= 11 is 11.9. The number of nitrogens with one attached hydrogen (secondary N) is 1. The minimum atomic E-state index is 0.549. The normalized spacial score (nSPS) is 10.7. The molecule has 20 heavy (non-hydrogen) atoms. The summed E-state index contributed by atoms with van der Waals surface area (Å²) < 4.78 is 0. The van der Waals surface area contributed by atoms with E-state index in [1.54, 1.807) is 6.07 Å². The Hall–Kier alpha value is -1.77. The fourth-order valence-corrected chi connectivity index (χ4v) is 2.41. The van der Waals surface area contributed by atoms with Crippen molar-refractivity contribution in [2.45, 2.75) is 6.54 Å². The number of hydrogen-bond donors (Lipinski definition) is 1. The van der Waals surface area contributed by atoms with Crippen LogP contribution in [0.4, 0.5) is 5.69 Å². The van der Waals surface area contributed by atoms with Gasteiger partial charge in [-0.1, -0.05) is 47.5 Å². The largest absolute Gasteiger partial charge is 0.381 e. The number of anilines is 1. The lowest BCUT2D eigenvalue weighted by Crippen LogP contribution is -2.00. The first-order valence-corrected chi connectivity index (χ1v) is 7.01. The minimum absolute atomic E-state index is 0.549. The molecule has 0 unspecified atom stereocenters. The third kappa shape index (κ3) is 2.72. The number of rotatable bonds is 3. The van der Waals surface area contributed by atoms with Crippen molar-refractivity contribution in [1.29, 1.82) is 0 Å². The van der Waals surface area contributed by atoms with Crippen LogP contribution in [0.3, 0.4) is 0 Å². The van der Waals surface area contributed by atoms with Crippen LogP contribution < -0.4 is 5.32 Å². The Morgan fingerprint density at radius 1 is 0.950 bits per heavy atom. The fraction of sp³-hybridized carbons (Fsp3) is 0.0625. The predicted molar refractivity (Wildman–Crippen MR) is 85.5 cm³/mol. The molecule has 0 spiro atoms. The van der Waals surface area contributed by atoms with E-state index >= 15 is 0 Å². The van der Waals surface area contributed by atoms with Crippen LogP contribution in [0.1, 0.15) is 5.56 Å². The number of benzene rings is 2. The van der Waals surface area contributed by atoms with Crippen molar-refractivity contribution in [1.82, 2.24) is 4.98 Å². The molecule has 0 aliphatic rings. The van der Waals surface area contributed by atoms with E-state index in [1.807, 2.05) is 30.5 Å². The predicted octanol–water partition coefficient (Wildman–Crippen LogP) is 5.15. The lowest BCUT2D eigenvalue weighted by atomic mass is 10.1. The Bertz CT molecular complexity index is 751. The lowest BCUT2D eigenvalue weighted by molar-refractivity contribution is 1.15. The highest BCUT2D eigenvalue weighted by atomic mass is 35.5. The minimum Gasteiger partial charge on any atom is -0.381 e. The second-order valence-electron chi connectivity index (χ2n) is 4.47. The maximum absolute atomic E-state index is 6.01. The van der Waals surface area contributed by atoms with E-state index < -0.39 is 0 Å². The number of pyridine rings is 1. The van der Waals surface area contributed by atoms with Gasteiger partial charge in [0.25, 0.3) is 0 Å². The van der Waals surface area contributed by atoms with E-state index in [2.05, 4.69) is 28.5 Å². The first-order valence-electron chi connectivity index (χ1n) is 6.25. The highest BCUT2D eigenvalue weighted by Gasteiger charge is 2.03. The molecule has 0 amide bonds. The van der Waals surface area contributed by atoms with Gasteiger partial charge in [-0.05, 0) is 29.8 Å². The number of halogens is 2. The zero-order valence-electron chi connectivity index (χ0n) is 10.6. The van der Waals surface area contributed by atoms with Gasteiger partial charge in [-0.3, -0.25) is 4.98 Å². The van der Waals surface area contributed by atoms with Gasteiger partial charge in [0, 0.05) is 23.8 Å². The second-order valence-corrected chi connectivity index (χ2v) is 5.29. The molecule has 0 saturated carbocycles. The van der Waals surface area contributed by atoms with Crippen molar-refractivity contribution in [3.05, 3.63) is 70.3 Å². The van der Waals surface area contributed by atoms with E-state index in [9.17, 15) is 0 Å². The highest BCUT2D eigenvalue weighted by Crippen LogP contribution is 2.25. The van der Waals surface area contributed by atoms with Crippen molar-refractivity contribution in [3.63, 3.8) is 0 Å². The Morgan fingerprint density at radius 2 is 1.80 bits per heavy atom. The van der Waals surface area contributed by atoms with Crippen LogP contribution in [0.5, 0.6) is 0 Å². The molecule has 0 atom stereocenters. The molecule has 4 heteroatoms. The lowest BCUT2D eigenvalue weighted by Gasteiger charge is -2.09. The van der Waals surface area contributed by atoms with Crippen LogP contribution in [-0.4, -0.2) is 4.98 Å². The molecule has 3 aromatic rings. The molecule has 0 aliphatic heterocycles. The smallest absolute Gasteiger partial charge is 0.0751 e. The summed E-state index contributed by atoms with van der Waals surface area (Å²) in [4.78, 5) is 4.44. The Kier molecular flexibility index (Phi) is 3.77. The topological polar surface area (TPSA) is 24.9 Å². The van der Waals surface area contributed by atoms with Crippen molar-refractivity contribution in [2.24, 2.45) is 0 Å². The van der Waals surface area contributed by atoms with Crippen molar-refractivity contribution >= 4 is 39.8 Å². The summed E-state index contributed by atoms with van der Waals surface area (Å²) in [6, 6.07) is 15.7. The summed E-state index contributed by atoms with van der Waals surface area (Å²) in [5.74, 6) is 0. The average molecular weight is 303 g/mol. The van der Waals surface area contributed by atoms with Crippen molar-refractivity contribution in [2.75, 3.05) is 5.32 Å². The molecule has 0 fully saturated rings. The van der Waals surface area contributed by atoms with Crippen LogP contribution in [0, 0.1) is 0 Å². The summed E-state index contributed by atoms with van der Waals surface area (Å²) in [6.07, 6.45) is 1.81. The van der Waals surface area contributed by atoms with Gasteiger partial charge in [0.05, 0.1) is 15.6 Å². The maximum Gasteiger partial charge on any atom is 0.0751 e. The van der Waals surface area contributed by atoms with Crippen LogP contribution in [0.15, 0.2) is 54.7 Å². The molecule has 0 radical (unpaired) electrons. The van der Waals surface area contributed by atoms with Crippen molar-refractivity contribution < 1.29 is 0 Å². The van der Waals surface area contributed by atoms with Gasteiger partial charge in [0.15, 0.2) is 0 Å². The summed E-state index contributed by atoms with van der Waals surface area (Å²) in [5, 5.41) is 5.59. The number of fused-ring (bicyclic) bond motifs is 1. The van der Waals surface area contributed by atoms with Crippen LogP contribution in [0.2, 0.25) is 10.0 Å². The summed E-state index contributed by atoms with van der Waals surface area (Å²) in [6.45, 7) is 0.687. The molecule has 2 aromatic carbocycles. The van der Waals surface area contributed by atoms with E-state index in [0.29, 0.717) is 16.6 Å². The monoisotopic (exact) mass is 302 g/mol. The quantitative estimate of drug-likeness (QED) is 0.723. The van der Waals surface area contributed by atoms with Crippen LogP contribution in [0.25, 0.3) is 10.9 Å². The van der Waals surface area contributed by atoms with Gasteiger partial charge in [0.2, 0.25) is 0 Å². The molecule has 1 N–H and O–H groups in total. The van der Waals surface area contributed by atoms with Gasteiger partial charge < -0.3 is 5.32 Å². The Morgan fingerprint density at radius 3 is 2.65 bits per heavy atom. The molecule has 100 valence electrons. The van der Waals surface area contributed by atoms with E-state index in [-0.39, 0.29) is 0 Å². The van der Waals surface area contributed by atoms with Crippen LogP contribution >= 0.6 is 23.2 Å².